The highest BCUT2D eigenvalue weighted by Crippen LogP contribution is 2.26. The fraction of sp³-hybridized carbons (Fsp3) is 0.529. The first-order valence-corrected chi connectivity index (χ1v) is 7.57. The van der Waals surface area contributed by atoms with E-state index in [1.807, 2.05) is 12.1 Å². The standard InChI is InChI=1S/C17H25NO2/c1-3-16-15(11-18-10-6-7-13(2)12-19)14-8-4-5-9-17(14)20-16/h4-5,8-9,13,18-19H,3,6-7,10-12H2,1-2H3. The molecule has 20 heavy (non-hydrogen) atoms. The average Bonchev–Trinajstić information content (AvgIpc) is 2.84. The molecule has 1 aromatic heterocycles. The van der Waals surface area contributed by atoms with Crippen molar-refractivity contribution in [1.29, 1.82) is 0 Å². The van der Waals surface area contributed by atoms with Crippen LogP contribution >= 0.6 is 0 Å². The molecule has 0 saturated carbocycles. The summed E-state index contributed by atoms with van der Waals surface area (Å²) in [6, 6.07) is 8.23. The molecular formula is C17H25NO2. The molecule has 1 aromatic carbocycles. The normalized spacial score (nSPS) is 12.9. The number of benzene rings is 1. The molecule has 0 radical (unpaired) electrons. The zero-order chi connectivity index (χ0) is 14.4. The van der Waals surface area contributed by atoms with E-state index in [1.165, 1.54) is 10.9 Å². The Bertz CT molecular complexity index is 533. The lowest BCUT2D eigenvalue weighted by molar-refractivity contribution is 0.228. The Morgan fingerprint density at radius 3 is 2.85 bits per heavy atom. The van der Waals surface area contributed by atoms with Crippen LogP contribution in [-0.2, 0) is 13.0 Å². The van der Waals surface area contributed by atoms with E-state index in [4.69, 9.17) is 9.52 Å². The fourth-order valence-corrected chi connectivity index (χ4v) is 2.51. The van der Waals surface area contributed by atoms with Crippen LogP contribution in [0.3, 0.4) is 0 Å². The van der Waals surface area contributed by atoms with E-state index in [0.717, 1.165) is 43.7 Å². The molecule has 110 valence electrons. The lowest BCUT2D eigenvalue weighted by Crippen LogP contribution is -2.16. The number of rotatable bonds is 8. The molecule has 0 aliphatic heterocycles. The Balaban J connectivity index is 1.92. The molecule has 0 bridgehead atoms. The van der Waals surface area contributed by atoms with Crippen molar-refractivity contribution < 1.29 is 9.52 Å². The predicted octanol–water partition coefficient (Wildman–Crippen LogP) is 3.49. The maximum atomic E-state index is 9.00. The van der Waals surface area contributed by atoms with Crippen LogP contribution in [0.4, 0.5) is 0 Å². The highest BCUT2D eigenvalue weighted by Gasteiger charge is 2.11. The third kappa shape index (κ3) is 3.62. The Morgan fingerprint density at radius 1 is 1.30 bits per heavy atom. The van der Waals surface area contributed by atoms with Crippen molar-refractivity contribution in [3.8, 4) is 0 Å². The van der Waals surface area contributed by atoms with E-state index in [1.54, 1.807) is 0 Å². The molecule has 2 N–H and O–H groups in total. The second-order valence-corrected chi connectivity index (χ2v) is 5.46. The van der Waals surface area contributed by atoms with Crippen molar-refractivity contribution in [3.05, 3.63) is 35.6 Å². The van der Waals surface area contributed by atoms with Crippen molar-refractivity contribution in [3.63, 3.8) is 0 Å². The van der Waals surface area contributed by atoms with Gasteiger partial charge in [0.2, 0.25) is 0 Å². The van der Waals surface area contributed by atoms with Gasteiger partial charge < -0.3 is 14.8 Å². The van der Waals surface area contributed by atoms with Crippen molar-refractivity contribution in [2.75, 3.05) is 13.2 Å². The van der Waals surface area contributed by atoms with Gasteiger partial charge in [-0.2, -0.15) is 0 Å². The van der Waals surface area contributed by atoms with Gasteiger partial charge in [-0.1, -0.05) is 32.0 Å². The molecule has 2 rings (SSSR count). The van der Waals surface area contributed by atoms with Gasteiger partial charge in [0.05, 0.1) is 0 Å². The molecule has 0 aliphatic rings. The molecule has 0 saturated heterocycles. The Labute approximate surface area is 121 Å². The second kappa shape index (κ2) is 7.46. The quantitative estimate of drug-likeness (QED) is 0.725. The van der Waals surface area contributed by atoms with Gasteiger partial charge in [0.1, 0.15) is 11.3 Å². The summed E-state index contributed by atoms with van der Waals surface area (Å²) in [5.41, 5.74) is 2.27. The lowest BCUT2D eigenvalue weighted by Gasteiger charge is -2.08. The number of fused-ring (bicyclic) bond motifs is 1. The van der Waals surface area contributed by atoms with Gasteiger partial charge in [0.15, 0.2) is 0 Å². The highest BCUT2D eigenvalue weighted by atomic mass is 16.3. The van der Waals surface area contributed by atoms with Gasteiger partial charge >= 0.3 is 0 Å². The molecule has 1 atom stereocenters. The third-order valence-electron chi connectivity index (χ3n) is 3.77. The predicted molar refractivity (Wildman–Crippen MR) is 82.8 cm³/mol. The van der Waals surface area contributed by atoms with Crippen molar-refractivity contribution in [1.82, 2.24) is 5.32 Å². The summed E-state index contributed by atoms with van der Waals surface area (Å²) < 4.78 is 5.89. The maximum absolute atomic E-state index is 9.00. The molecule has 3 heteroatoms. The summed E-state index contributed by atoms with van der Waals surface area (Å²) in [4.78, 5) is 0. The number of para-hydroxylation sites is 1. The Morgan fingerprint density at radius 2 is 2.10 bits per heavy atom. The number of aliphatic hydroxyl groups excluding tert-OH is 1. The molecule has 0 fully saturated rings. The SMILES string of the molecule is CCc1oc2ccccc2c1CNCCCC(C)CO. The summed E-state index contributed by atoms with van der Waals surface area (Å²) in [5.74, 6) is 1.49. The van der Waals surface area contributed by atoms with E-state index >= 15 is 0 Å². The highest BCUT2D eigenvalue weighted by molar-refractivity contribution is 5.82. The van der Waals surface area contributed by atoms with Crippen molar-refractivity contribution >= 4 is 11.0 Å². The first-order valence-electron chi connectivity index (χ1n) is 7.57. The zero-order valence-electron chi connectivity index (χ0n) is 12.5. The number of nitrogens with one attached hydrogen (secondary N) is 1. The van der Waals surface area contributed by atoms with Crippen molar-refractivity contribution in [2.24, 2.45) is 5.92 Å². The monoisotopic (exact) mass is 275 g/mol. The number of hydrogen-bond donors (Lipinski definition) is 2. The molecule has 1 heterocycles. The van der Waals surface area contributed by atoms with E-state index in [2.05, 4.69) is 31.3 Å². The van der Waals surface area contributed by atoms with Crippen LogP contribution in [0.5, 0.6) is 0 Å². The number of furan rings is 1. The third-order valence-corrected chi connectivity index (χ3v) is 3.77. The van der Waals surface area contributed by atoms with Crippen LogP contribution in [0, 0.1) is 5.92 Å². The molecule has 3 nitrogen and oxygen atoms in total. The molecule has 1 unspecified atom stereocenters. The van der Waals surface area contributed by atoms with Gasteiger partial charge in [-0.25, -0.2) is 0 Å². The van der Waals surface area contributed by atoms with Crippen LogP contribution in [-0.4, -0.2) is 18.3 Å². The summed E-state index contributed by atoms with van der Waals surface area (Å²) in [6.45, 7) is 6.33. The van der Waals surface area contributed by atoms with Gasteiger partial charge in [-0.15, -0.1) is 0 Å². The lowest BCUT2D eigenvalue weighted by atomic mass is 10.1. The van der Waals surface area contributed by atoms with Crippen LogP contribution in [0.2, 0.25) is 0 Å². The summed E-state index contributed by atoms with van der Waals surface area (Å²) in [6.07, 6.45) is 3.09. The maximum Gasteiger partial charge on any atom is 0.134 e. The van der Waals surface area contributed by atoms with E-state index in [0.29, 0.717) is 5.92 Å². The summed E-state index contributed by atoms with van der Waals surface area (Å²) in [7, 11) is 0. The smallest absolute Gasteiger partial charge is 0.134 e. The minimum Gasteiger partial charge on any atom is -0.461 e. The van der Waals surface area contributed by atoms with E-state index < -0.39 is 0 Å². The van der Waals surface area contributed by atoms with Crippen LogP contribution < -0.4 is 5.32 Å². The van der Waals surface area contributed by atoms with Gasteiger partial charge in [-0.3, -0.25) is 0 Å². The van der Waals surface area contributed by atoms with E-state index in [9.17, 15) is 0 Å². The molecule has 0 spiro atoms. The molecule has 0 aliphatic carbocycles. The second-order valence-electron chi connectivity index (χ2n) is 5.46. The largest absolute Gasteiger partial charge is 0.461 e. The van der Waals surface area contributed by atoms with Gasteiger partial charge in [-0.05, 0) is 31.4 Å². The van der Waals surface area contributed by atoms with Crippen LogP contribution in [0.1, 0.15) is 38.0 Å². The summed E-state index contributed by atoms with van der Waals surface area (Å²) >= 11 is 0. The summed E-state index contributed by atoms with van der Waals surface area (Å²) in [5, 5.41) is 13.7. The van der Waals surface area contributed by atoms with Gasteiger partial charge in [0, 0.05) is 30.5 Å². The van der Waals surface area contributed by atoms with Crippen LogP contribution in [0.25, 0.3) is 11.0 Å². The van der Waals surface area contributed by atoms with E-state index in [-0.39, 0.29) is 6.61 Å². The zero-order valence-corrected chi connectivity index (χ0v) is 12.5. The minimum absolute atomic E-state index is 0.284. The topological polar surface area (TPSA) is 45.4 Å². The van der Waals surface area contributed by atoms with Crippen LogP contribution in [0.15, 0.2) is 28.7 Å². The average molecular weight is 275 g/mol. The fourth-order valence-electron chi connectivity index (χ4n) is 2.51. The first-order chi connectivity index (χ1) is 9.76. The molecular weight excluding hydrogens is 250 g/mol. The molecule has 2 aromatic rings. The molecule has 0 amide bonds. The number of aliphatic hydroxyl groups is 1. The van der Waals surface area contributed by atoms with Crippen molar-refractivity contribution in [2.45, 2.75) is 39.7 Å². The Kier molecular flexibility index (Phi) is 5.62. The minimum atomic E-state index is 0.284. The number of aryl methyl sites for hydroxylation is 1. The first kappa shape index (κ1) is 15.1. The Hall–Kier alpha value is -1.32. The number of hydrogen-bond acceptors (Lipinski definition) is 3. The van der Waals surface area contributed by atoms with Gasteiger partial charge in [0.25, 0.3) is 0 Å².